The number of pyridine rings is 1. The zero-order chi connectivity index (χ0) is 15.7. The number of nitrogens with zero attached hydrogens (tertiary/aromatic N) is 2. The number of piperidine rings is 1. The van der Waals surface area contributed by atoms with Gasteiger partial charge in [-0.2, -0.15) is 0 Å². The first-order chi connectivity index (χ1) is 10.4. The molecule has 22 heavy (non-hydrogen) atoms. The summed E-state index contributed by atoms with van der Waals surface area (Å²) < 4.78 is 5.48. The second-order valence-corrected chi connectivity index (χ2v) is 6.93. The molecule has 0 radical (unpaired) electrons. The largest absolute Gasteiger partial charge is 0.444 e. The van der Waals surface area contributed by atoms with Crippen molar-refractivity contribution in [3.05, 3.63) is 30.1 Å². The molecule has 1 aliphatic rings. The van der Waals surface area contributed by atoms with Crippen molar-refractivity contribution in [2.45, 2.75) is 45.1 Å². The summed E-state index contributed by atoms with van der Waals surface area (Å²) in [7, 11) is 0. The molecular weight excluding hydrogens is 278 g/mol. The molecule has 0 saturated carbocycles. The molecule has 3 heterocycles. The molecule has 2 aromatic heterocycles. The number of fused-ring (bicyclic) bond motifs is 1. The van der Waals surface area contributed by atoms with Crippen LogP contribution in [-0.4, -0.2) is 39.7 Å². The first-order valence-corrected chi connectivity index (χ1v) is 7.84. The Morgan fingerprint density at radius 1 is 1.45 bits per heavy atom. The summed E-state index contributed by atoms with van der Waals surface area (Å²) >= 11 is 0. The number of rotatable bonds is 1. The minimum atomic E-state index is -0.449. The smallest absolute Gasteiger partial charge is 0.410 e. The van der Waals surface area contributed by atoms with E-state index in [0.29, 0.717) is 12.5 Å². The number of aromatic nitrogens is 2. The van der Waals surface area contributed by atoms with Crippen molar-refractivity contribution in [3.8, 4) is 0 Å². The molecule has 1 amide bonds. The summed E-state index contributed by atoms with van der Waals surface area (Å²) in [5, 5.41) is 0. The Labute approximate surface area is 130 Å². The fourth-order valence-corrected chi connectivity index (χ4v) is 2.92. The van der Waals surface area contributed by atoms with E-state index in [1.54, 1.807) is 6.20 Å². The number of carbonyl (C=O) groups excluding carboxylic acids is 1. The number of hydrogen-bond donors (Lipinski definition) is 1. The Bertz CT molecular complexity index is 639. The van der Waals surface area contributed by atoms with E-state index in [4.69, 9.17) is 4.74 Å². The summed E-state index contributed by atoms with van der Waals surface area (Å²) in [5.41, 5.74) is 2.73. The standard InChI is InChI=1S/C17H23N3O2/c1-17(2,3)22-16(21)20-9-5-6-12(11-20)14-10-15-13(19-14)7-4-8-18-15/h4,7-8,10,12,19H,5-6,9,11H2,1-3H3. The number of amides is 1. The summed E-state index contributed by atoms with van der Waals surface area (Å²) in [6, 6.07) is 6.05. The molecule has 0 aromatic carbocycles. The molecule has 1 unspecified atom stereocenters. The Kier molecular flexibility index (Phi) is 3.81. The predicted octanol–water partition coefficient (Wildman–Crippen LogP) is 3.68. The maximum absolute atomic E-state index is 12.2. The van der Waals surface area contributed by atoms with Crippen LogP contribution in [0.1, 0.15) is 45.2 Å². The van der Waals surface area contributed by atoms with E-state index in [-0.39, 0.29) is 6.09 Å². The molecule has 5 heteroatoms. The van der Waals surface area contributed by atoms with Gasteiger partial charge >= 0.3 is 6.09 Å². The number of carbonyl (C=O) groups is 1. The molecule has 1 N–H and O–H groups in total. The lowest BCUT2D eigenvalue weighted by atomic mass is 9.95. The van der Waals surface area contributed by atoms with E-state index in [1.165, 1.54) is 0 Å². The highest BCUT2D eigenvalue weighted by Gasteiger charge is 2.29. The second-order valence-electron chi connectivity index (χ2n) is 6.93. The normalized spacial score (nSPS) is 19.4. The molecule has 1 fully saturated rings. The van der Waals surface area contributed by atoms with E-state index in [0.717, 1.165) is 36.1 Å². The lowest BCUT2D eigenvalue weighted by molar-refractivity contribution is 0.0197. The molecule has 2 aromatic rings. The molecule has 1 atom stereocenters. The van der Waals surface area contributed by atoms with Crippen LogP contribution in [0.2, 0.25) is 0 Å². The summed E-state index contributed by atoms with van der Waals surface area (Å²) in [5.74, 6) is 0.315. The predicted molar refractivity (Wildman–Crippen MR) is 85.9 cm³/mol. The summed E-state index contributed by atoms with van der Waals surface area (Å²) in [4.78, 5) is 21.9. The van der Waals surface area contributed by atoms with E-state index in [9.17, 15) is 4.79 Å². The third kappa shape index (κ3) is 3.24. The van der Waals surface area contributed by atoms with E-state index < -0.39 is 5.60 Å². The number of hydrogen-bond acceptors (Lipinski definition) is 3. The van der Waals surface area contributed by atoms with Gasteiger partial charge in [0, 0.05) is 30.9 Å². The van der Waals surface area contributed by atoms with Crippen LogP contribution in [0.4, 0.5) is 4.79 Å². The van der Waals surface area contributed by atoms with Gasteiger partial charge in [-0.25, -0.2) is 4.79 Å². The van der Waals surface area contributed by atoms with Gasteiger partial charge in [-0.3, -0.25) is 4.98 Å². The van der Waals surface area contributed by atoms with Crippen LogP contribution in [0.3, 0.4) is 0 Å². The molecule has 0 aliphatic carbocycles. The van der Waals surface area contributed by atoms with Crippen molar-refractivity contribution in [1.82, 2.24) is 14.9 Å². The minimum absolute atomic E-state index is 0.216. The first kappa shape index (κ1) is 14.9. The molecule has 118 valence electrons. The van der Waals surface area contributed by atoms with Gasteiger partial charge in [-0.15, -0.1) is 0 Å². The van der Waals surface area contributed by atoms with E-state index in [2.05, 4.69) is 16.0 Å². The van der Waals surface area contributed by atoms with Gasteiger partial charge in [-0.1, -0.05) is 0 Å². The summed E-state index contributed by atoms with van der Waals surface area (Å²) in [6.07, 6.45) is 3.65. The fraction of sp³-hybridized carbons (Fsp3) is 0.529. The van der Waals surface area contributed by atoms with Gasteiger partial charge in [-0.05, 0) is 51.8 Å². The highest BCUT2D eigenvalue weighted by molar-refractivity contribution is 5.76. The molecule has 3 rings (SSSR count). The molecule has 1 saturated heterocycles. The van der Waals surface area contributed by atoms with Gasteiger partial charge in [0.1, 0.15) is 5.60 Å². The third-order valence-corrected chi connectivity index (χ3v) is 3.92. The average Bonchev–Trinajstić information content (AvgIpc) is 2.89. The minimum Gasteiger partial charge on any atom is -0.444 e. The molecular formula is C17H23N3O2. The van der Waals surface area contributed by atoms with Crippen LogP contribution in [-0.2, 0) is 4.74 Å². The lowest BCUT2D eigenvalue weighted by Crippen LogP contribution is -2.42. The van der Waals surface area contributed by atoms with Crippen LogP contribution in [0, 0.1) is 0 Å². The first-order valence-electron chi connectivity index (χ1n) is 7.84. The van der Waals surface area contributed by atoms with Crippen LogP contribution in [0.5, 0.6) is 0 Å². The highest BCUT2D eigenvalue weighted by Crippen LogP contribution is 2.29. The van der Waals surface area contributed by atoms with Crippen LogP contribution >= 0.6 is 0 Å². The van der Waals surface area contributed by atoms with Crippen LogP contribution < -0.4 is 0 Å². The van der Waals surface area contributed by atoms with Crippen LogP contribution in [0.15, 0.2) is 24.4 Å². The van der Waals surface area contributed by atoms with Gasteiger partial charge in [0.05, 0.1) is 11.0 Å². The van der Waals surface area contributed by atoms with Crippen LogP contribution in [0.25, 0.3) is 11.0 Å². The Hall–Kier alpha value is -2.04. The van der Waals surface area contributed by atoms with Crippen molar-refractivity contribution in [3.63, 3.8) is 0 Å². The van der Waals surface area contributed by atoms with Gasteiger partial charge in [0.25, 0.3) is 0 Å². The zero-order valence-corrected chi connectivity index (χ0v) is 13.4. The van der Waals surface area contributed by atoms with Crippen molar-refractivity contribution in [1.29, 1.82) is 0 Å². The zero-order valence-electron chi connectivity index (χ0n) is 13.4. The van der Waals surface area contributed by atoms with Crippen molar-refractivity contribution >= 4 is 17.1 Å². The average molecular weight is 301 g/mol. The van der Waals surface area contributed by atoms with E-state index in [1.807, 2.05) is 37.8 Å². The Morgan fingerprint density at radius 3 is 3.00 bits per heavy atom. The van der Waals surface area contributed by atoms with Crippen molar-refractivity contribution in [2.75, 3.05) is 13.1 Å². The van der Waals surface area contributed by atoms with Crippen molar-refractivity contribution in [2.24, 2.45) is 0 Å². The van der Waals surface area contributed by atoms with Gasteiger partial charge in [0.15, 0.2) is 0 Å². The molecule has 1 aliphatic heterocycles. The fourth-order valence-electron chi connectivity index (χ4n) is 2.92. The quantitative estimate of drug-likeness (QED) is 0.874. The molecule has 0 bridgehead atoms. The Balaban J connectivity index is 1.74. The lowest BCUT2D eigenvalue weighted by Gasteiger charge is -2.33. The monoisotopic (exact) mass is 301 g/mol. The van der Waals surface area contributed by atoms with Crippen molar-refractivity contribution < 1.29 is 9.53 Å². The summed E-state index contributed by atoms with van der Waals surface area (Å²) in [6.45, 7) is 7.16. The van der Waals surface area contributed by atoms with E-state index >= 15 is 0 Å². The molecule has 5 nitrogen and oxygen atoms in total. The maximum Gasteiger partial charge on any atom is 0.410 e. The topological polar surface area (TPSA) is 58.2 Å². The Morgan fingerprint density at radius 2 is 2.27 bits per heavy atom. The number of aromatic amines is 1. The van der Waals surface area contributed by atoms with Gasteiger partial charge in [0.2, 0.25) is 0 Å². The number of nitrogens with one attached hydrogen (secondary N) is 1. The number of likely N-dealkylation sites (tertiary alicyclic amines) is 1. The number of H-pyrrole nitrogens is 1. The third-order valence-electron chi connectivity index (χ3n) is 3.92. The SMILES string of the molecule is CC(C)(C)OC(=O)N1CCCC(c2cc3ncccc3[nH]2)C1. The maximum atomic E-state index is 12.2. The highest BCUT2D eigenvalue weighted by atomic mass is 16.6. The second kappa shape index (κ2) is 5.63. The number of ether oxygens (including phenoxy) is 1. The molecule has 0 spiro atoms. The van der Waals surface area contributed by atoms with Gasteiger partial charge < -0.3 is 14.6 Å².